The summed E-state index contributed by atoms with van der Waals surface area (Å²) in [6.45, 7) is 4.95. The lowest BCUT2D eigenvalue weighted by atomic mass is 10.1. The maximum Gasteiger partial charge on any atom is 0.0641 e. The minimum Gasteiger partial charge on any atom is -0.383 e. The van der Waals surface area contributed by atoms with Gasteiger partial charge in [-0.15, -0.1) is 0 Å². The van der Waals surface area contributed by atoms with Crippen molar-refractivity contribution in [2.75, 3.05) is 20.3 Å². The molecular weight excluding hydrogens is 200 g/mol. The molecule has 0 spiro atoms. The molecular formula is C13H22N2O. The molecule has 3 heteroatoms. The summed E-state index contributed by atoms with van der Waals surface area (Å²) in [6.07, 6.45) is 7.16. The molecule has 0 bridgehead atoms. The number of methoxy groups -OCH3 is 1. The highest BCUT2D eigenvalue weighted by molar-refractivity contribution is 5.18. The van der Waals surface area contributed by atoms with Crippen LogP contribution in [0.5, 0.6) is 0 Å². The van der Waals surface area contributed by atoms with Crippen molar-refractivity contribution in [2.24, 2.45) is 5.92 Å². The van der Waals surface area contributed by atoms with E-state index in [-0.39, 0.29) is 0 Å². The van der Waals surface area contributed by atoms with Crippen molar-refractivity contribution in [3.8, 4) is 0 Å². The summed E-state index contributed by atoms with van der Waals surface area (Å²) in [5.41, 5.74) is 1.43. The number of ether oxygens (including phenoxy) is 1. The molecule has 1 aliphatic rings. The van der Waals surface area contributed by atoms with E-state index in [1.807, 2.05) is 0 Å². The van der Waals surface area contributed by atoms with E-state index in [0.717, 1.165) is 25.6 Å². The second-order valence-corrected chi connectivity index (χ2v) is 4.55. The van der Waals surface area contributed by atoms with E-state index in [2.05, 4.69) is 35.3 Å². The smallest absolute Gasteiger partial charge is 0.0641 e. The molecule has 1 aliphatic carbocycles. The zero-order chi connectivity index (χ0) is 11.4. The molecule has 0 saturated heterocycles. The number of nitrogens with one attached hydrogen (secondary N) is 1. The second kappa shape index (κ2) is 5.51. The van der Waals surface area contributed by atoms with Gasteiger partial charge in [-0.1, -0.05) is 6.92 Å². The molecule has 16 heavy (non-hydrogen) atoms. The molecule has 1 fully saturated rings. The van der Waals surface area contributed by atoms with Gasteiger partial charge >= 0.3 is 0 Å². The van der Waals surface area contributed by atoms with Crippen LogP contribution in [0.25, 0.3) is 0 Å². The van der Waals surface area contributed by atoms with E-state index in [1.54, 1.807) is 7.11 Å². The molecule has 1 heterocycles. The van der Waals surface area contributed by atoms with Gasteiger partial charge in [0.15, 0.2) is 0 Å². The topological polar surface area (TPSA) is 26.2 Å². The van der Waals surface area contributed by atoms with Crippen molar-refractivity contribution < 1.29 is 4.74 Å². The van der Waals surface area contributed by atoms with Gasteiger partial charge in [0.2, 0.25) is 0 Å². The first-order chi connectivity index (χ1) is 7.85. The fraction of sp³-hybridized carbons (Fsp3) is 0.692. The summed E-state index contributed by atoms with van der Waals surface area (Å²) in [6, 6.07) is 2.80. The van der Waals surface area contributed by atoms with E-state index in [4.69, 9.17) is 4.74 Å². The van der Waals surface area contributed by atoms with E-state index in [0.29, 0.717) is 6.04 Å². The maximum absolute atomic E-state index is 5.09. The molecule has 3 nitrogen and oxygen atoms in total. The molecule has 1 aromatic rings. The SMILES string of the molecule is CCNC(c1ccn(CCOC)c1)C1CC1. The fourth-order valence-corrected chi connectivity index (χ4v) is 2.19. The highest BCUT2D eigenvalue weighted by Crippen LogP contribution is 2.40. The standard InChI is InChI=1S/C13H22N2O/c1-3-14-13(11-4-5-11)12-6-7-15(10-12)8-9-16-2/h6-7,10-11,13-14H,3-5,8-9H2,1-2H3. The first kappa shape index (κ1) is 11.7. The monoisotopic (exact) mass is 222 g/mol. The number of hydrogen-bond acceptors (Lipinski definition) is 2. The Bertz CT molecular complexity index is 317. The quantitative estimate of drug-likeness (QED) is 0.765. The Morgan fingerprint density at radius 2 is 2.38 bits per heavy atom. The third-order valence-electron chi connectivity index (χ3n) is 3.20. The van der Waals surface area contributed by atoms with Gasteiger partial charge in [0.1, 0.15) is 0 Å². The molecule has 0 radical (unpaired) electrons. The van der Waals surface area contributed by atoms with Crippen molar-refractivity contribution in [1.82, 2.24) is 9.88 Å². The van der Waals surface area contributed by atoms with Crippen molar-refractivity contribution in [3.05, 3.63) is 24.0 Å². The zero-order valence-electron chi connectivity index (χ0n) is 10.3. The Morgan fingerprint density at radius 1 is 1.56 bits per heavy atom. The molecule has 1 saturated carbocycles. The molecule has 0 aromatic carbocycles. The zero-order valence-corrected chi connectivity index (χ0v) is 10.3. The highest BCUT2D eigenvalue weighted by atomic mass is 16.5. The minimum absolute atomic E-state index is 0.564. The third-order valence-corrected chi connectivity index (χ3v) is 3.20. The number of nitrogens with zero attached hydrogens (tertiary/aromatic N) is 1. The summed E-state index contributed by atoms with van der Waals surface area (Å²) in [4.78, 5) is 0. The van der Waals surface area contributed by atoms with Gasteiger partial charge in [-0.2, -0.15) is 0 Å². The van der Waals surface area contributed by atoms with Crippen LogP contribution in [0.3, 0.4) is 0 Å². The lowest BCUT2D eigenvalue weighted by Gasteiger charge is -2.15. The molecule has 1 unspecified atom stereocenters. The van der Waals surface area contributed by atoms with Gasteiger partial charge in [-0.3, -0.25) is 0 Å². The molecule has 0 aliphatic heterocycles. The van der Waals surface area contributed by atoms with Crippen molar-refractivity contribution in [2.45, 2.75) is 32.4 Å². The van der Waals surface area contributed by atoms with Gasteiger partial charge in [0.05, 0.1) is 6.61 Å². The van der Waals surface area contributed by atoms with Crippen LogP contribution in [0, 0.1) is 5.92 Å². The predicted molar refractivity (Wildman–Crippen MR) is 65.4 cm³/mol. The van der Waals surface area contributed by atoms with Gasteiger partial charge in [0.25, 0.3) is 0 Å². The Labute approximate surface area is 97.8 Å². The molecule has 1 N–H and O–H groups in total. The minimum atomic E-state index is 0.564. The number of hydrogen-bond donors (Lipinski definition) is 1. The van der Waals surface area contributed by atoms with Gasteiger partial charge in [-0.05, 0) is 36.9 Å². The summed E-state index contributed by atoms with van der Waals surface area (Å²) < 4.78 is 7.30. The van der Waals surface area contributed by atoms with Gasteiger partial charge < -0.3 is 14.6 Å². The van der Waals surface area contributed by atoms with Crippen LogP contribution < -0.4 is 5.32 Å². The molecule has 90 valence electrons. The van der Waals surface area contributed by atoms with E-state index in [9.17, 15) is 0 Å². The van der Waals surface area contributed by atoms with E-state index < -0.39 is 0 Å². The van der Waals surface area contributed by atoms with Crippen LogP contribution in [-0.4, -0.2) is 24.8 Å². The van der Waals surface area contributed by atoms with Gasteiger partial charge in [0, 0.05) is 32.1 Å². The van der Waals surface area contributed by atoms with Crippen molar-refractivity contribution >= 4 is 0 Å². The first-order valence-corrected chi connectivity index (χ1v) is 6.23. The van der Waals surface area contributed by atoms with Crippen molar-refractivity contribution in [3.63, 3.8) is 0 Å². The van der Waals surface area contributed by atoms with Crippen LogP contribution in [0.2, 0.25) is 0 Å². The summed E-state index contributed by atoms with van der Waals surface area (Å²) in [5.74, 6) is 0.859. The summed E-state index contributed by atoms with van der Waals surface area (Å²) >= 11 is 0. The Hall–Kier alpha value is -0.800. The summed E-state index contributed by atoms with van der Waals surface area (Å²) in [5, 5.41) is 3.59. The second-order valence-electron chi connectivity index (χ2n) is 4.55. The largest absolute Gasteiger partial charge is 0.383 e. The molecule has 0 amide bonds. The molecule has 2 rings (SSSR count). The lowest BCUT2D eigenvalue weighted by Crippen LogP contribution is -2.22. The van der Waals surface area contributed by atoms with Crippen LogP contribution >= 0.6 is 0 Å². The highest BCUT2D eigenvalue weighted by Gasteiger charge is 2.31. The van der Waals surface area contributed by atoms with Crippen LogP contribution in [0.15, 0.2) is 18.5 Å². The number of aromatic nitrogens is 1. The molecule has 1 atom stereocenters. The number of rotatable bonds is 7. The van der Waals surface area contributed by atoms with E-state index in [1.165, 1.54) is 18.4 Å². The predicted octanol–water partition coefficient (Wildman–Crippen LogP) is 2.20. The fourth-order valence-electron chi connectivity index (χ4n) is 2.19. The van der Waals surface area contributed by atoms with Crippen LogP contribution in [-0.2, 0) is 11.3 Å². The average molecular weight is 222 g/mol. The normalized spacial score (nSPS) is 17.6. The third kappa shape index (κ3) is 2.86. The van der Waals surface area contributed by atoms with E-state index >= 15 is 0 Å². The van der Waals surface area contributed by atoms with Crippen LogP contribution in [0.1, 0.15) is 31.4 Å². The Balaban J connectivity index is 1.97. The first-order valence-electron chi connectivity index (χ1n) is 6.23. The average Bonchev–Trinajstić information content (AvgIpc) is 3.02. The summed E-state index contributed by atoms with van der Waals surface area (Å²) in [7, 11) is 1.75. The van der Waals surface area contributed by atoms with Crippen LogP contribution in [0.4, 0.5) is 0 Å². The maximum atomic E-state index is 5.09. The van der Waals surface area contributed by atoms with Crippen molar-refractivity contribution in [1.29, 1.82) is 0 Å². The lowest BCUT2D eigenvalue weighted by molar-refractivity contribution is 0.187. The Morgan fingerprint density at radius 3 is 3.00 bits per heavy atom. The molecule has 1 aromatic heterocycles. The van der Waals surface area contributed by atoms with Gasteiger partial charge in [-0.25, -0.2) is 0 Å². The Kier molecular flexibility index (Phi) is 4.02.